The lowest BCUT2D eigenvalue weighted by molar-refractivity contribution is -0.135. The van der Waals surface area contributed by atoms with Crippen LogP contribution in [0.2, 0.25) is 0 Å². The van der Waals surface area contributed by atoms with Gasteiger partial charge in [0.05, 0.1) is 10.8 Å². The van der Waals surface area contributed by atoms with E-state index in [0.717, 1.165) is 5.56 Å². The number of nitrogens with one attached hydrogen (secondary N) is 1. The second-order valence-electron chi connectivity index (χ2n) is 6.03. The number of rotatable bonds is 2. The van der Waals surface area contributed by atoms with E-state index in [4.69, 9.17) is 12.2 Å². The van der Waals surface area contributed by atoms with E-state index >= 15 is 0 Å². The highest BCUT2D eigenvalue weighted by Crippen LogP contribution is 2.43. The molecule has 132 valence electrons. The SMILES string of the molecule is O=C1NC(=S)SC1Cc1c2ccccc2c(C(F)(F)F)c2ccccc12. The number of fused-ring (bicyclic) bond motifs is 2. The van der Waals surface area contributed by atoms with Gasteiger partial charge in [0, 0.05) is 0 Å². The van der Waals surface area contributed by atoms with Crippen molar-refractivity contribution in [2.75, 3.05) is 0 Å². The van der Waals surface area contributed by atoms with Crippen molar-refractivity contribution < 1.29 is 18.0 Å². The molecule has 1 aliphatic heterocycles. The third-order valence-corrected chi connectivity index (χ3v) is 5.86. The molecule has 1 amide bonds. The molecule has 2 nitrogen and oxygen atoms in total. The van der Waals surface area contributed by atoms with Gasteiger partial charge in [0.2, 0.25) is 5.91 Å². The van der Waals surface area contributed by atoms with Gasteiger partial charge in [0.25, 0.3) is 0 Å². The van der Waals surface area contributed by atoms with Crippen LogP contribution in [-0.2, 0) is 17.4 Å². The first-order valence-electron chi connectivity index (χ1n) is 7.87. The molecule has 26 heavy (non-hydrogen) atoms. The first-order chi connectivity index (χ1) is 12.4. The maximum atomic E-state index is 13.8. The summed E-state index contributed by atoms with van der Waals surface area (Å²) in [6, 6.07) is 13.0. The van der Waals surface area contributed by atoms with Gasteiger partial charge >= 0.3 is 6.18 Å². The molecule has 1 unspecified atom stereocenters. The Labute approximate surface area is 156 Å². The van der Waals surface area contributed by atoms with Gasteiger partial charge in [-0.1, -0.05) is 72.5 Å². The zero-order valence-corrected chi connectivity index (χ0v) is 14.9. The van der Waals surface area contributed by atoms with Crippen molar-refractivity contribution in [3.05, 3.63) is 59.7 Å². The van der Waals surface area contributed by atoms with Crippen molar-refractivity contribution in [3.63, 3.8) is 0 Å². The average Bonchev–Trinajstić information content (AvgIpc) is 2.90. The molecule has 1 aliphatic rings. The van der Waals surface area contributed by atoms with Crippen LogP contribution in [0, 0.1) is 0 Å². The van der Waals surface area contributed by atoms with E-state index in [2.05, 4.69) is 5.32 Å². The smallest absolute Gasteiger partial charge is 0.311 e. The third kappa shape index (κ3) is 2.85. The highest BCUT2D eigenvalue weighted by molar-refractivity contribution is 8.24. The molecule has 0 radical (unpaired) electrons. The van der Waals surface area contributed by atoms with Crippen molar-refractivity contribution in [2.24, 2.45) is 0 Å². The van der Waals surface area contributed by atoms with Crippen LogP contribution in [0.1, 0.15) is 11.1 Å². The Morgan fingerprint density at radius 2 is 1.46 bits per heavy atom. The van der Waals surface area contributed by atoms with Crippen molar-refractivity contribution in [2.45, 2.75) is 17.8 Å². The van der Waals surface area contributed by atoms with Gasteiger partial charge in [-0.2, -0.15) is 13.2 Å². The minimum absolute atomic E-state index is 0.152. The Balaban J connectivity index is 2.03. The molecule has 0 saturated carbocycles. The lowest BCUT2D eigenvalue weighted by atomic mass is 9.89. The second kappa shape index (κ2) is 6.25. The van der Waals surface area contributed by atoms with Crippen LogP contribution in [-0.4, -0.2) is 15.5 Å². The number of halogens is 3. The molecule has 0 aromatic heterocycles. The summed E-state index contributed by atoms with van der Waals surface area (Å²) in [6.07, 6.45) is -4.16. The van der Waals surface area contributed by atoms with Crippen molar-refractivity contribution in [1.82, 2.24) is 5.32 Å². The molecule has 1 fully saturated rings. The minimum atomic E-state index is -4.47. The Morgan fingerprint density at radius 3 is 1.88 bits per heavy atom. The topological polar surface area (TPSA) is 29.1 Å². The summed E-state index contributed by atoms with van der Waals surface area (Å²) >= 11 is 6.28. The summed E-state index contributed by atoms with van der Waals surface area (Å²) in [7, 11) is 0. The quantitative estimate of drug-likeness (QED) is 0.488. The number of hydrogen-bond acceptors (Lipinski definition) is 3. The average molecular weight is 391 g/mol. The summed E-state index contributed by atoms with van der Waals surface area (Å²) in [5, 5.41) is 3.50. The van der Waals surface area contributed by atoms with Crippen LogP contribution in [0.3, 0.4) is 0 Å². The molecule has 0 spiro atoms. The number of benzene rings is 3. The summed E-state index contributed by atoms with van der Waals surface area (Å²) in [5.41, 5.74) is 0.105. The number of hydrogen-bond donors (Lipinski definition) is 1. The van der Waals surface area contributed by atoms with Crippen LogP contribution in [0.5, 0.6) is 0 Å². The molecule has 0 bridgehead atoms. The number of amides is 1. The zero-order valence-electron chi connectivity index (χ0n) is 13.3. The predicted octanol–water partition coefficient (Wildman–Crippen LogP) is 5.07. The van der Waals surface area contributed by atoms with Gasteiger partial charge in [-0.05, 0) is 33.5 Å². The summed E-state index contributed by atoms with van der Waals surface area (Å²) < 4.78 is 41.8. The fraction of sp³-hybridized carbons (Fsp3) is 0.158. The first kappa shape index (κ1) is 17.3. The molecule has 1 N–H and O–H groups in total. The first-order valence-corrected chi connectivity index (χ1v) is 9.16. The van der Waals surface area contributed by atoms with Crippen molar-refractivity contribution >= 4 is 55.8 Å². The van der Waals surface area contributed by atoms with Gasteiger partial charge in [0.1, 0.15) is 4.32 Å². The van der Waals surface area contributed by atoms with E-state index in [1.54, 1.807) is 36.4 Å². The minimum Gasteiger partial charge on any atom is -0.311 e. The highest BCUT2D eigenvalue weighted by Gasteiger charge is 2.36. The van der Waals surface area contributed by atoms with E-state index < -0.39 is 17.0 Å². The monoisotopic (exact) mass is 391 g/mol. The molecular formula is C19H12F3NOS2. The molecule has 3 aromatic rings. The second-order valence-corrected chi connectivity index (χ2v) is 7.91. The highest BCUT2D eigenvalue weighted by atomic mass is 32.2. The predicted molar refractivity (Wildman–Crippen MR) is 102 cm³/mol. The fourth-order valence-electron chi connectivity index (χ4n) is 3.46. The molecule has 0 aliphatic carbocycles. The van der Waals surface area contributed by atoms with Crippen molar-refractivity contribution in [3.8, 4) is 0 Å². The fourth-order valence-corrected chi connectivity index (χ4v) is 4.74. The van der Waals surface area contributed by atoms with E-state index in [-0.39, 0.29) is 16.7 Å². The Hall–Kier alpha value is -2.12. The van der Waals surface area contributed by atoms with Crippen LogP contribution >= 0.6 is 24.0 Å². The number of thioether (sulfide) groups is 1. The van der Waals surface area contributed by atoms with Gasteiger partial charge in [-0.3, -0.25) is 4.79 Å². The summed E-state index contributed by atoms with van der Waals surface area (Å²) in [6.45, 7) is 0. The normalized spacial score (nSPS) is 17.9. The molecular weight excluding hydrogens is 379 g/mol. The van der Waals surface area contributed by atoms with Crippen molar-refractivity contribution in [1.29, 1.82) is 0 Å². The Bertz CT molecular complexity index is 1000. The third-order valence-electron chi connectivity index (χ3n) is 4.48. The maximum absolute atomic E-state index is 13.8. The number of carbonyl (C=O) groups excluding carboxylic acids is 1. The summed E-state index contributed by atoms with van der Waals surface area (Å²) in [5.74, 6) is -0.201. The van der Waals surface area contributed by atoms with Crippen LogP contribution in [0.4, 0.5) is 13.2 Å². The molecule has 7 heteroatoms. The van der Waals surface area contributed by atoms with Crippen LogP contribution in [0.25, 0.3) is 21.5 Å². The number of carbonyl (C=O) groups is 1. The lowest BCUT2D eigenvalue weighted by Crippen LogP contribution is -2.25. The Kier molecular flexibility index (Phi) is 4.16. The number of alkyl halides is 3. The largest absolute Gasteiger partial charge is 0.417 e. The van der Waals surface area contributed by atoms with E-state index in [9.17, 15) is 18.0 Å². The molecule has 1 saturated heterocycles. The zero-order chi connectivity index (χ0) is 18.5. The van der Waals surface area contributed by atoms with Gasteiger partial charge in [-0.15, -0.1) is 0 Å². The Morgan fingerprint density at radius 1 is 0.962 bits per heavy atom. The van der Waals surface area contributed by atoms with Gasteiger partial charge < -0.3 is 5.32 Å². The van der Waals surface area contributed by atoms with Gasteiger partial charge in [0.15, 0.2) is 0 Å². The summed E-state index contributed by atoms with van der Waals surface area (Å²) in [4.78, 5) is 12.1. The standard InChI is InChI=1S/C19H12F3NOS2/c20-19(21,22)16-12-7-3-1-5-10(12)14(11-6-2-4-8-13(11)16)9-15-17(24)23-18(25)26-15/h1-8,15H,9H2,(H,23,24,25). The lowest BCUT2D eigenvalue weighted by Gasteiger charge is -2.19. The number of thiocarbonyl (C=S) groups is 1. The van der Waals surface area contributed by atoms with Crippen LogP contribution in [0.15, 0.2) is 48.5 Å². The van der Waals surface area contributed by atoms with E-state index in [1.807, 2.05) is 0 Å². The molecule has 1 atom stereocenters. The van der Waals surface area contributed by atoms with Crippen LogP contribution < -0.4 is 5.32 Å². The molecule has 1 heterocycles. The molecule has 3 aromatic carbocycles. The molecule has 4 rings (SSSR count). The van der Waals surface area contributed by atoms with E-state index in [0.29, 0.717) is 21.5 Å². The maximum Gasteiger partial charge on any atom is 0.417 e. The van der Waals surface area contributed by atoms with Gasteiger partial charge in [-0.25, -0.2) is 0 Å². The van der Waals surface area contributed by atoms with E-state index in [1.165, 1.54) is 23.9 Å².